The zero-order valence-corrected chi connectivity index (χ0v) is 12.2. The van der Waals surface area contributed by atoms with E-state index in [1.54, 1.807) is 30.3 Å². The molecule has 0 aromatic carbocycles. The van der Waals surface area contributed by atoms with Crippen LogP contribution in [0.25, 0.3) is 0 Å². The third-order valence-corrected chi connectivity index (χ3v) is 2.98. The minimum absolute atomic E-state index is 0.123. The van der Waals surface area contributed by atoms with E-state index < -0.39 is 0 Å². The highest BCUT2D eigenvalue weighted by atomic mass is 16.5. The van der Waals surface area contributed by atoms with Crippen LogP contribution in [0.1, 0.15) is 19.8 Å². The summed E-state index contributed by atoms with van der Waals surface area (Å²) in [5.74, 6) is 0.0465. The highest BCUT2D eigenvalue weighted by Gasteiger charge is 2.11. The normalized spacial score (nSPS) is 10.3. The maximum Gasteiger partial charge on any atom is 0.292 e. The maximum atomic E-state index is 12.0. The molecule has 0 saturated heterocycles. The summed E-state index contributed by atoms with van der Waals surface area (Å²) >= 11 is 0. The van der Waals surface area contributed by atoms with Crippen molar-refractivity contribution in [2.75, 3.05) is 26.7 Å². The van der Waals surface area contributed by atoms with Crippen molar-refractivity contribution in [3.8, 4) is 5.75 Å². The first-order chi connectivity index (χ1) is 9.60. The van der Waals surface area contributed by atoms with Gasteiger partial charge >= 0.3 is 0 Å². The molecule has 1 aromatic heterocycles. The van der Waals surface area contributed by atoms with Crippen LogP contribution in [-0.2, 0) is 11.3 Å². The van der Waals surface area contributed by atoms with Crippen LogP contribution in [0.5, 0.6) is 5.75 Å². The maximum absolute atomic E-state index is 12.0. The number of ether oxygens (including phenoxy) is 1. The van der Waals surface area contributed by atoms with Crippen molar-refractivity contribution in [3.63, 3.8) is 0 Å². The predicted octanol–water partition coefficient (Wildman–Crippen LogP) is 0.444. The summed E-state index contributed by atoms with van der Waals surface area (Å²) in [7, 11) is 1.74. The molecule has 0 aliphatic heterocycles. The summed E-state index contributed by atoms with van der Waals surface area (Å²) in [5.41, 5.74) is 5.16. The second-order valence-corrected chi connectivity index (χ2v) is 4.62. The fourth-order valence-corrected chi connectivity index (χ4v) is 1.71. The van der Waals surface area contributed by atoms with Crippen LogP contribution in [0.3, 0.4) is 0 Å². The second-order valence-electron chi connectivity index (χ2n) is 4.62. The van der Waals surface area contributed by atoms with Crippen molar-refractivity contribution in [1.82, 2.24) is 9.47 Å². The summed E-state index contributed by atoms with van der Waals surface area (Å²) in [5, 5.41) is 0. The molecule has 0 radical (unpaired) electrons. The fourth-order valence-electron chi connectivity index (χ4n) is 1.71. The number of nitrogens with zero attached hydrogens (tertiary/aromatic N) is 2. The van der Waals surface area contributed by atoms with Gasteiger partial charge in [-0.2, -0.15) is 0 Å². The number of aromatic nitrogens is 1. The van der Waals surface area contributed by atoms with Gasteiger partial charge in [0.15, 0.2) is 12.4 Å². The Kier molecular flexibility index (Phi) is 6.79. The van der Waals surface area contributed by atoms with Crippen LogP contribution in [0.15, 0.2) is 23.1 Å². The molecule has 0 unspecified atom stereocenters. The lowest BCUT2D eigenvalue weighted by atomic mass is 10.3. The van der Waals surface area contributed by atoms with Crippen molar-refractivity contribution in [1.29, 1.82) is 0 Å². The molecule has 0 aliphatic rings. The number of likely N-dealkylation sites (N-methyl/N-ethyl adjacent to an activating group) is 1. The molecular formula is C14H23N3O3. The summed E-state index contributed by atoms with van der Waals surface area (Å²) < 4.78 is 6.79. The summed E-state index contributed by atoms with van der Waals surface area (Å²) in [6.45, 7) is 3.45. The van der Waals surface area contributed by atoms with Crippen molar-refractivity contribution in [2.45, 2.75) is 26.3 Å². The number of amides is 1. The van der Waals surface area contributed by atoms with Gasteiger partial charge in [0.25, 0.3) is 11.5 Å². The van der Waals surface area contributed by atoms with E-state index in [1.165, 1.54) is 4.57 Å². The van der Waals surface area contributed by atoms with Gasteiger partial charge in [0.1, 0.15) is 0 Å². The lowest BCUT2D eigenvalue weighted by Gasteiger charge is -2.17. The van der Waals surface area contributed by atoms with Crippen molar-refractivity contribution in [3.05, 3.63) is 28.7 Å². The first-order valence-electron chi connectivity index (χ1n) is 6.86. The molecule has 6 nitrogen and oxygen atoms in total. The second kappa shape index (κ2) is 8.37. The molecule has 0 atom stereocenters. The molecule has 1 rings (SSSR count). The Bertz CT molecular complexity index is 485. The topological polar surface area (TPSA) is 77.6 Å². The molecule has 6 heteroatoms. The van der Waals surface area contributed by atoms with Crippen molar-refractivity contribution >= 4 is 5.91 Å². The quantitative estimate of drug-likeness (QED) is 0.750. The van der Waals surface area contributed by atoms with E-state index >= 15 is 0 Å². The lowest BCUT2D eigenvalue weighted by molar-refractivity contribution is -0.132. The minimum Gasteiger partial charge on any atom is -0.478 e. The Morgan fingerprint density at radius 3 is 2.90 bits per heavy atom. The molecule has 2 N–H and O–H groups in total. The van der Waals surface area contributed by atoms with Gasteiger partial charge in [-0.05, 0) is 18.6 Å². The molecule has 1 amide bonds. The van der Waals surface area contributed by atoms with E-state index in [0.717, 1.165) is 12.8 Å². The fraction of sp³-hybridized carbons (Fsp3) is 0.571. The van der Waals surface area contributed by atoms with Gasteiger partial charge in [0.05, 0.1) is 0 Å². The van der Waals surface area contributed by atoms with Crippen LogP contribution < -0.4 is 16.0 Å². The number of pyridine rings is 1. The number of carbonyl (C=O) groups excluding carboxylic acids is 1. The van der Waals surface area contributed by atoms with Crippen molar-refractivity contribution < 1.29 is 9.53 Å². The van der Waals surface area contributed by atoms with Gasteiger partial charge in [-0.3, -0.25) is 9.59 Å². The van der Waals surface area contributed by atoms with Gasteiger partial charge in [-0.25, -0.2) is 0 Å². The van der Waals surface area contributed by atoms with Crippen LogP contribution in [-0.4, -0.2) is 42.1 Å². The molecule has 0 aliphatic carbocycles. The monoisotopic (exact) mass is 281 g/mol. The molecule has 112 valence electrons. The third kappa shape index (κ3) is 4.70. The first kappa shape index (κ1) is 16.2. The Morgan fingerprint density at radius 1 is 1.50 bits per heavy atom. The van der Waals surface area contributed by atoms with E-state index in [-0.39, 0.29) is 23.8 Å². The van der Waals surface area contributed by atoms with Crippen LogP contribution in [0, 0.1) is 0 Å². The minimum atomic E-state index is -0.262. The average molecular weight is 281 g/mol. The number of unbranched alkanes of at least 4 members (excludes halogenated alkanes) is 1. The Morgan fingerprint density at radius 2 is 2.25 bits per heavy atom. The Hall–Kier alpha value is -1.82. The molecule has 1 aromatic rings. The summed E-state index contributed by atoms with van der Waals surface area (Å²) in [4.78, 5) is 25.4. The van der Waals surface area contributed by atoms with Gasteiger partial charge in [-0.1, -0.05) is 13.3 Å². The highest BCUT2D eigenvalue weighted by molar-refractivity contribution is 5.77. The Balaban J connectivity index is 2.59. The number of nitrogens with two attached hydrogens (primary N) is 1. The molecule has 1 heterocycles. The van der Waals surface area contributed by atoms with E-state index in [9.17, 15) is 9.59 Å². The van der Waals surface area contributed by atoms with E-state index in [4.69, 9.17) is 10.5 Å². The number of carbonyl (C=O) groups is 1. The molecular weight excluding hydrogens is 258 g/mol. The summed E-state index contributed by atoms with van der Waals surface area (Å²) in [6.07, 6.45) is 3.63. The van der Waals surface area contributed by atoms with Gasteiger partial charge in [0, 0.05) is 32.9 Å². The van der Waals surface area contributed by atoms with Crippen LogP contribution in [0.2, 0.25) is 0 Å². The zero-order valence-electron chi connectivity index (χ0n) is 12.2. The molecule has 0 bridgehead atoms. The predicted molar refractivity (Wildman–Crippen MR) is 77.8 cm³/mol. The third-order valence-electron chi connectivity index (χ3n) is 2.98. The van der Waals surface area contributed by atoms with E-state index in [0.29, 0.717) is 19.6 Å². The van der Waals surface area contributed by atoms with Crippen LogP contribution in [0.4, 0.5) is 0 Å². The average Bonchev–Trinajstić information content (AvgIpc) is 2.45. The van der Waals surface area contributed by atoms with E-state index in [2.05, 4.69) is 6.92 Å². The van der Waals surface area contributed by atoms with E-state index in [1.807, 2.05) is 0 Å². The zero-order chi connectivity index (χ0) is 15.0. The number of rotatable bonds is 8. The Labute approximate surface area is 119 Å². The number of hydrogen-bond donors (Lipinski definition) is 1. The summed E-state index contributed by atoms with van der Waals surface area (Å²) in [6, 6.07) is 3.27. The molecule has 0 saturated carbocycles. The molecule has 0 spiro atoms. The smallest absolute Gasteiger partial charge is 0.292 e. The largest absolute Gasteiger partial charge is 0.478 e. The van der Waals surface area contributed by atoms with Crippen molar-refractivity contribution in [2.24, 2.45) is 5.73 Å². The first-order valence-corrected chi connectivity index (χ1v) is 6.86. The molecule has 0 fully saturated rings. The van der Waals surface area contributed by atoms with Gasteiger partial charge in [-0.15, -0.1) is 0 Å². The highest BCUT2D eigenvalue weighted by Crippen LogP contribution is 2.02. The molecule has 20 heavy (non-hydrogen) atoms. The van der Waals surface area contributed by atoms with Gasteiger partial charge < -0.3 is 19.9 Å². The SMILES string of the molecule is CCCCN(C)C(=O)COc1cccn(CCN)c1=O. The lowest BCUT2D eigenvalue weighted by Crippen LogP contribution is -2.33. The number of hydrogen-bond acceptors (Lipinski definition) is 4. The standard InChI is InChI=1S/C14H23N3O3/c1-3-4-8-16(2)13(18)11-20-12-6-5-9-17(10-7-15)14(12)19/h5-6,9H,3-4,7-8,10-11,15H2,1-2H3. The van der Waals surface area contributed by atoms with Gasteiger partial charge in [0.2, 0.25) is 0 Å². The van der Waals surface area contributed by atoms with Crippen LogP contribution >= 0.6 is 0 Å².